The molecule has 1 atom stereocenters. The van der Waals surface area contributed by atoms with Gasteiger partial charge in [-0.3, -0.25) is 0 Å². The summed E-state index contributed by atoms with van der Waals surface area (Å²) < 4.78 is 5.21. The minimum Gasteiger partial charge on any atom is -0.504 e. The molecule has 1 saturated heterocycles. The van der Waals surface area contributed by atoms with Gasteiger partial charge in [0.25, 0.3) is 0 Å². The van der Waals surface area contributed by atoms with Crippen molar-refractivity contribution in [3.8, 4) is 11.5 Å². The molecule has 0 aliphatic carbocycles. The fourth-order valence-corrected chi connectivity index (χ4v) is 4.18. The summed E-state index contributed by atoms with van der Waals surface area (Å²) in [5.41, 5.74) is 1.31. The summed E-state index contributed by atoms with van der Waals surface area (Å²) in [4.78, 5) is 2.48. The molecular weight excluding hydrogens is 293 g/mol. The number of nitrogens with zero attached hydrogens (tertiary/aromatic N) is 1. The highest BCUT2D eigenvalue weighted by Gasteiger charge is 2.16. The Labute approximate surface area is 133 Å². The van der Waals surface area contributed by atoms with Crippen LogP contribution in [0.2, 0.25) is 0 Å². The number of rotatable bonds is 4. The molecule has 22 heavy (non-hydrogen) atoms. The Morgan fingerprint density at radius 3 is 2.45 bits per heavy atom. The third-order valence-electron chi connectivity index (χ3n) is 4.09. The third-order valence-corrected chi connectivity index (χ3v) is 5.45. The van der Waals surface area contributed by atoms with E-state index in [2.05, 4.69) is 29.2 Å². The van der Waals surface area contributed by atoms with Crippen molar-refractivity contribution in [1.29, 1.82) is 0 Å². The van der Waals surface area contributed by atoms with Gasteiger partial charge in [0, 0.05) is 29.4 Å². The van der Waals surface area contributed by atoms with Crippen LogP contribution >= 0.6 is 8.58 Å². The number of aromatic hydroxyl groups is 1. The SMILES string of the molecule is COc1cccc(Pc2ccccc2N2CCCCC2)c1O. The molecule has 1 unspecified atom stereocenters. The average molecular weight is 315 g/mol. The Morgan fingerprint density at radius 1 is 0.955 bits per heavy atom. The summed E-state index contributed by atoms with van der Waals surface area (Å²) in [7, 11) is 2.01. The first-order valence-electron chi connectivity index (χ1n) is 7.76. The van der Waals surface area contributed by atoms with Crippen molar-refractivity contribution in [1.82, 2.24) is 0 Å². The number of ether oxygens (including phenoxy) is 1. The Hall–Kier alpha value is -1.73. The maximum Gasteiger partial charge on any atom is 0.165 e. The lowest BCUT2D eigenvalue weighted by Crippen LogP contribution is -2.32. The van der Waals surface area contributed by atoms with E-state index in [1.807, 2.05) is 12.1 Å². The predicted octanol–water partition coefficient (Wildman–Crippen LogP) is 3.02. The number of phenolic OH excluding ortho intramolecular Hbond substituents is 1. The maximum atomic E-state index is 10.3. The van der Waals surface area contributed by atoms with Crippen molar-refractivity contribution in [3.63, 3.8) is 0 Å². The van der Waals surface area contributed by atoms with Gasteiger partial charge in [0.15, 0.2) is 11.5 Å². The number of benzene rings is 2. The van der Waals surface area contributed by atoms with Gasteiger partial charge in [-0.25, -0.2) is 0 Å². The highest BCUT2D eigenvalue weighted by molar-refractivity contribution is 7.56. The molecular formula is C18H22NO2P. The molecule has 116 valence electrons. The fourth-order valence-electron chi connectivity index (χ4n) is 2.92. The van der Waals surface area contributed by atoms with Crippen molar-refractivity contribution in [2.45, 2.75) is 19.3 Å². The smallest absolute Gasteiger partial charge is 0.165 e. The molecule has 0 spiro atoms. The molecule has 1 aliphatic heterocycles. The second kappa shape index (κ2) is 7.02. The average Bonchev–Trinajstić information content (AvgIpc) is 2.58. The second-order valence-electron chi connectivity index (χ2n) is 5.55. The Kier molecular flexibility index (Phi) is 4.84. The zero-order valence-electron chi connectivity index (χ0n) is 12.9. The Bertz CT molecular complexity index is 639. The first-order valence-corrected chi connectivity index (χ1v) is 8.76. The van der Waals surface area contributed by atoms with Gasteiger partial charge >= 0.3 is 0 Å². The molecule has 1 fully saturated rings. The second-order valence-corrected chi connectivity index (χ2v) is 6.87. The number of hydrogen-bond acceptors (Lipinski definition) is 3. The number of phenols is 1. The lowest BCUT2D eigenvalue weighted by molar-refractivity contribution is 0.375. The molecule has 2 aromatic rings. The van der Waals surface area contributed by atoms with Crippen LogP contribution in [-0.4, -0.2) is 25.3 Å². The van der Waals surface area contributed by atoms with Gasteiger partial charge < -0.3 is 14.7 Å². The van der Waals surface area contributed by atoms with E-state index in [1.165, 1.54) is 30.3 Å². The normalized spacial score (nSPS) is 15.4. The summed E-state index contributed by atoms with van der Waals surface area (Å²) in [6.45, 7) is 2.26. The van der Waals surface area contributed by atoms with E-state index in [1.54, 1.807) is 13.2 Å². The van der Waals surface area contributed by atoms with E-state index in [9.17, 15) is 5.11 Å². The summed E-state index contributed by atoms with van der Waals surface area (Å²) in [6.07, 6.45) is 3.86. The van der Waals surface area contributed by atoms with E-state index in [0.717, 1.165) is 18.4 Å². The van der Waals surface area contributed by atoms with Crippen molar-refractivity contribution in [2.24, 2.45) is 0 Å². The summed E-state index contributed by atoms with van der Waals surface area (Å²) in [5.74, 6) is 0.803. The van der Waals surface area contributed by atoms with Crippen LogP contribution in [0.25, 0.3) is 0 Å². The van der Waals surface area contributed by atoms with Crippen LogP contribution in [0.3, 0.4) is 0 Å². The van der Waals surface area contributed by atoms with Crippen LogP contribution in [-0.2, 0) is 0 Å². The lowest BCUT2D eigenvalue weighted by Gasteiger charge is -2.30. The van der Waals surface area contributed by atoms with Crippen LogP contribution in [0.1, 0.15) is 19.3 Å². The Morgan fingerprint density at radius 2 is 1.68 bits per heavy atom. The van der Waals surface area contributed by atoms with Gasteiger partial charge in [-0.2, -0.15) is 0 Å². The number of para-hydroxylation sites is 2. The molecule has 3 rings (SSSR count). The molecule has 0 aromatic heterocycles. The predicted molar refractivity (Wildman–Crippen MR) is 94.7 cm³/mol. The van der Waals surface area contributed by atoms with Gasteiger partial charge in [0.05, 0.1) is 7.11 Å². The largest absolute Gasteiger partial charge is 0.504 e. The number of anilines is 1. The van der Waals surface area contributed by atoms with Crippen LogP contribution < -0.4 is 20.2 Å². The summed E-state index contributed by atoms with van der Waals surface area (Å²) in [5, 5.41) is 12.5. The third kappa shape index (κ3) is 3.20. The molecule has 0 amide bonds. The van der Waals surface area contributed by atoms with Gasteiger partial charge in [-0.15, -0.1) is 0 Å². The van der Waals surface area contributed by atoms with Crippen LogP contribution in [0.5, 0.6) is 11.5 Å². The van der Waals surface area contributed by atoms with Gasteiger partial charge in [0.1, 0.15) is 0 Å². The van der Waals surface area contributed by atoms with Gasteiger partial charge in [0.2, 0.25) is 0 Å². The molecule has 1 aliphatic rings. The fraction of sp³-hybridized carbons (Fsp3) is 0.333. The Balaban J connectivity index is 1.89. The molecule has 0 bridgehead atoms. The standard InChI is InChI=1S/C18H22NO2P/c1-21-15-9-7-11-17(18(15)20)22-16-10-4-3-8-14(16)19-12-5-2-6-13-19/h3-4,7-11,20,22H,2,5-6,12-13H2,1H3. The van der Waals surface area contributed by atoms with Crippen molar-refractivity contribution < 1.29 is 9.84 Å². The van der Waals surface area contributed by atoms with E-state index >= 15 is 0 Å². The van der Waals surface area contributed by atoms with Crippen molar-refractivity contribution in [3.05, 3.63) is 42.5 Å². The van der Waals surface area contributed by atoms with Crippen molar-refractivity contribution >= 4 is 24.9 Å². The van der Waals surface area contributed by atoms with Crippen molar-refractivity contribution in [2.75, 3.05) is 25.1 Å². The topological polar surface area (TPSA) is 32.7 Å². The summed E-state index contributed by atoms with van der Waals surface area (Å²) >= 11 is 0. The first-order chi connectivity index (χ1) is 10.8. The summed E-state index contributed by atoms with van der Waals surface area (Å²) in [6, 6.07) is 14.2. The van der Waals surface area contributed by atoms with Crippen LogP contribution in [0.15, 0.2) is 42.5 Å². The number of methoxy groups -OCH3 is 1. The molecule has 3 nitrogen and oxygen atoms in total. The minimum atomic E-state index is 0.261. The monoisotopic (exact) mass is 315 g/mol. The van der Waals surface area contributed by atoms with E-state index in [4.69, 9.17) is 4.74 Å². The van der Waals surface area contributed by atoms with E-state index in [-0.39, 0.29) is 5.75 Å². The zero-order chi connectivity index (χ0) is 15.4. The molecule has 0 saturated carbocycles. The van der Waals surface area contributed by atoms with E-state index < -0.39 is 0 Å². The molecule has 2 aromatic carbocycles. The lowest BCUT2D eigenvalue weighted by atomic mass is 10.1. The zero-order valence-corrected chi connectivity index (χ0v) is 13.9. The number of hydrogen-bond donors (Lipinski definition) is 1. The quantitative estimate of drug-likeness (QED) is 0.880. The van der Waals surface area contributed by atoms with Gasteiger partial charge in [-0.05, 0) is 31.4 Å². The minimum absolute atomic E-state index is 0.261. The first kappa shape index (κ1) is 15.2. The maximum absolute atomic E-state index is 10.3. The number of piperidine rings is 1. The highest BCUT2D eigenvalue weighted by atomic mass is 31.1. The highest BCUT2D eigenvalue weighted by Crippen LogP contribution is 2.30. The van der Waals surface area contributed by atoms with Crippen LogP contribution in [0, 0.1) is 0 Å². The van der Waals surface area contributed by atoms with E-state index in [0.29, 0.717) is 14.3 Å². The van der Waals surface area contributed by atoms with Gasteiger partial charge in [-0.1, -0.05) is 38.9 Å². The molecule has 1 N–H and O–H groups in total. The van der Waals surface area contributed by atoms with Crippen LogP contribution in [0.4, 0.5) is 5.69 Å². The molecule has 1 heterocycles. The molecule has 0 radical (unpaired) electrons. The molecule has 4 heteroatoms.